The average Bonchev–Trinajstić information content (AvgIpc) is 2.26. The van der Waals surface area contributed by atoms with Gasteiger partial charge in [-0.15, -0.1) is 0 Å². The highest BCUT2D eigenvalue weighted by molar-refractivity contribution is 6.34. The molecule has 0 bridgehead atoms. The quantitative estimate of drug-likeness (QED) is 0.621. The molecule has 0 aromatic heterocycles. The largest absolute Gasteiger partial charge is 0.495 e. The van der Waals surface area contributed by atoms with E-state index in [2.05, 4.69) is 4.99 Å². The van der Waals surface area contributed by atoms with Gasteiger partial charge in [-0.05, 0) is 25.3 Å². The molecular weight excluding hydrogens is 261 g/mol. The summed E-state index contributed by atoms with van der Waals surface area (Å²) in [6, 6.07) is 3.38. The first-order chi connectivity index (χ1) is 8.13. The van der Waals surface area contributed by atoms with Crippen molar-refractivity contribution >= 4 is 29.3 Å². The van der Waals surface area contributed by atoms with Crippen molar-refractivity contribution in [3.8, 4) is 5.75 Å². The third-order valence-corrected chi connectivity index (χ3v) is 3.79. The Hall–Kier alpha value is -1.02. The van der Waals surface area contributed by atoms with Gasteiger partial charge in [-0.1, -0.05) is 23.2 Å². The number of nitrogens with zero attached hydrogens (tertiary/aromatic N) is 1. The second kappa shape index (κ2) is 4.69. The van der Waals surface area contributed by atoms with E-state index < -0.39 is 5.54 Å². The first-order valence-corrected chi connectivity index (χ1v) is 6.01. The second-order valence-corrected chi connectivity index (χ2v) is 4.87. The van der Waals surface area contributed by atoms with Crippen LogP contribution >= 0.6 is 23.2 Å². The Labute approximate surface area is 109 Å². The number of aliphatic imine (C=N–C) groups is 1. The fraction of sp³-hybridized carbons (Fsp3) is 0.417. The number of carbonyl (C=O) groups excluding carboxylic acids is 1. The van der Waals surface area contributed by atoms with Gasteiger partial charge in [0, 0.05) is 11.6 Å². The van der Waals surface area contributed by atoms with E-state index in [0.29, 0.717) is 15.8 Å². The summed E-state index contributed by atoms with van der Waals surface area (Å²) in [5.74, 6) is 0.518. The molecule has 1 aliphatic rings. The molecule has 1 aromatic carbocycles. The lowest BCUT2D eigenvalue weighted by Crippen LogP contribution is -2.32. The van der Waals surface area contributed by atoms with E-state index >= 15 is 0 Å². The van der Waals surface area contributed by atoms with E-state index in [4.69, 9.17) is 27.9 Å². The topological polar surface area (TPSA) is 38.7 Å². The van der Waals surface area contributed by atoms with Gasteiger partial charge in [0.05, 0.1) is 22.7 Å². The Morgan fingerprint density at radius 1 is 1.35 bits per heavy atom. The number of methoxy groups -OCH3 is 1. The summed E-state index contributed by atoms with van der Waals surface area (Å²) in [7, 11) is 1.53. The van der Waals surface area contributed by atoms with E-state index in [1.54, 1.807) is 18.2 Å². The first-order valence-electron chi connectivity index (χ1n) is 5.25. The predicted molar refractivity (Wildman–Crippen MR) is 66.7 cm³/mol. The second-order valence-electron chi connectivity index (χ2n) is 4.05. The Bertz CT molecular complexity index is 492. The van der Waals surface area contributed by atoms with Crippen molar-refractivity contribution in [1.82, 2.24) is 0 Å². The lowest BCUT2D eigenvalue weighted by atomic mass is 9.72. The van der Waals surface area contributed by atoms with E-state index in [9.17, 15) is 4.79 Å². The van der Waals surface area contributed by atoms with E-state index in [-0.39, 0.29) is 0 Å². The van der Waals surface area contributed by atoms with E-state index in [1.165, 1.54) is 7.11 Å². The zero-order chi connectivity index (χ0) is 12.5. The molecule has 0 heterocycles. The van der Waals surface area contributed by atoms with E-state index in [0.717, 1.165) is 24.8 Å². The van der Waals surface area contributed by atoms with Crippen molar-refractivity contribution in [3.63, 3.8) is 0 Å². The summed E-state index contributed by atoms with van der Waals surface area (Å²) in [6.45, 7) is 0. The van der Waals surface area contributed by atoms with Gasteiger partial charge in [0.1, 0.15) is 5.75 Å². The molecule has 17 heavy (non-hydrogen) atoms. The van der Waals surface area contributed by atoms with Crippen molar-refractivity contribution in [3.05, 3.63) is 27.7 Å². The van der Waals surface area contributed by atoms with Crippen LogP contribution in [-0.4, -0.2) is 13.2 Å². The third-order valence-electron chi connectivity index (χ3n) is 3.18. The maximum atomic E-state index is 10.5. The fourth-order valence-corrected chi connectivity index (χ4v) is 2.65. The summed E-state index contributed by atoms with van der Waals surface area (Å²) < 4.78 is 5.08. The van der Waals surface area contributed by atoms with Crippen LogP contribution in [0.1, 0.15) is 24.8 Å². The molecule has 90 valence electrons. The average molecular weight is 272 g/mol. The fourth-order valence-electron chi connectivity index (χ4n) is 2.08. The van der Waals surface area contributed by atoms with Crippen LogP contribution in [0.3, 0.4) is 0 Å². The highest BCUT2D eigenvalue weighted by atomic mass is 35.5. The monoisotopic (exact) mass is 271 g/mol. The smallest absolute Gasteiger partial charge is 0.235 e. The maximum absolute atomic E-state index is 10.5. The molecule has 2 rings (SSSR count). The van der Waals surface area contributed by atoms with Gasteiger partial charge in [-0.2, -0.15) is 4.99 Å². The van der Waals surface area contributed by atoms with Crippen molar-refractivity contribution in [1.29, 1.82) is 0 Å². The molecule has 0 radical (unpaired) electrons. The van der Waals surface area contributed by atoms with Crippen LogP contribution in [0, 0.1) is 0 Å². The van der Waals surface area contributed by atoms with Crippen LogP contribution in [0.25, 0.3) is 0 Å². The number of hydrogen-bond donors (Lipinski definition) is 0. The summed E-state index contributed by atoms with van der Waals surface area (Å²) in [5, 5.41) is 0.990. The molecule has 1 saturated carbocycles. The van der Waals surface area contributed by atoms with Gasteiger partial charge in [0.25, 0.3) is 0 Å². The molecule has 1 aliphatic carbocycles. The molecule has 0 aliphatic heterocycles. The third kappa shape index (κ3) is 2.06. The molecule has 0 N–H and O–H groups in total. The molecular formula is C12H11Cl2NO2. The number of isocyanates is 1. The lowest BCUT2D eigenvalue weighted by Gasteiger charge is -2.37. The molecule has 5 heteroatoms. The van der Waals surface area contributed by atoms with Crippen LogP contribution in [0.5, 0.6) is 5.75 Å². The minimum atomic E-state index is -0.533. The first kappa shape index (κ1) is 12.4. The molecule has 0 saturated heterocycles. The molecule has 1 aromatic rings. The Balaban J connectivity index is 2.52. The van der Waals surface area contributed by atoms with Crippen LogP contribution in [0.15, 0.2) is 17.1 Å². The van der Waals surface area contributed by atoms with Gasteiger partial charge in [0.15, 0.2) is 0 Å². The summed E-state index contributed by atoms with van der Waals surface area (Å²) in [4.78, 5) is 14.4. The van der Waals surface area contributed by atoms with Gasteiger partial charge in [0.2, 0.25) is 6.08 Å². The SMILES string of the molecule is COc1cc(Cl)c(C2(N=C=O)CCC2)cc1Cl. The van der Waals surface area contributed by atoms with Gasteiger partial charge in [-0.3, -0.25) is 0 Å². The number of ether oxygens (including phenoxy) is 1. The Morgan fingerprint density at radius 2 is 2.06 bits per heavy atom. The number of hydrogen-bond acceptors (Lipinski definition) is 3. The van der Waals surface area contributed by atoms with Crippen molar-refractivity contribution in [2.45, 2.75) is 24.8 Å². The lowest BCUT2D eigenvalue weighted by molar-refractivity contribution is 0.256. The van der Waals surface area contributed by atoms with Crippen molar-refractivity contribution in [2.75, 3.05) is 7.11 Å². The normalized spacial score (nSPS) is 16.9. The molecule has 0 unspecified atom stereocenters. The number of benzene rings is 1. The van der Waals surface area contributed by atoms with Gasteiger partial charge >= 0.3 is 0 Å². The van der Waals surface area contributed by atoms with Crippen LogP contribution < -0.4 is 4.74 Å². The summed E-state index contributed by atoms with van der Waals surface area (Å²) >= 11 is 12.2. The zero-order valence-electron chi connectivity index (χ0n) is 9.30. The highest BCUT2D eigenvalue weighted by Crippen LogP contribution is 2.49. The minimum Gasteiger partial charge on any atom is -0.495 e. The summed E-state index contributed by atoms with van der Waals surface area (Å²) in [6.07, 6.45) is 4.24. The summed E-state index contributed by atoms with van der Waals surface area (Å²) in [5.41, 5.74) is 0.244. The molecule has 0 spiro atoms. The van der Waals surface area contributed by atoms with Crippen molar-refractivity contribution in [2.24, 2.45) is 4.99 Å². The predicted octanol–water partition coefficient (Wildman–Crippen LogP) is 3.72. The minimum absolute atomic E-state index is 0.472. The maximum Gasteiger partial charge on any atom is 0.235 e. The standard InChI is InChI=1S/C12H11Cl2NO2/c1-17-11-6-9(13)8(5-10(11)14)12(15-7-16)3-2-4-12/h5-6H,2-4H2,1H3. The Kier molecular flexibility index (Phi) is 3.43. The highest BCUT2D eigenvalue weighted by Gasteiger charge is 2.40. The van der Waals surface area contributed by atoms with Gasteiger partial charge < -0.3 is 4.74 Å². The molecule has 3 nitrogen and oxygen atoms in total. The van der Waals surface area contributed by atoms with Crippen LogP contribution in [0.4, 0.5) is 0 Å². The molecule has 1 fully saturated rings. The molecule has 0 amide bonds. The number of halogens is 2. The zero-order valence-corrected chi connectivity index (χ0v) is 10.8. The number of rotatable bonds is 3. The van der Waals surface area contributed by atoms with Crippen LogP contribution in [-0.2, 0) is 10.3 Å². The Morgan fingerprint density at radius 3 is 2.53 bits per heavy atom. The van der Waals surface area contributed by atoms with Crippen LogP contribution in [0.2, 0.25) is 10.0 Å². The van der Waals surface area contributed by atoms with Crippen molar-refractivity contribution < 1.29 is 9.53 Å². The van der Waals surface area contributed by atoms with Gasteiger partial charge in [-0.25, -0.2) is 4.79 Å². The van der Waals surface area contributed by atoms with E-state index in [1.807, 2.05) is 0 Å². The molecule has 0 atom stereocenters.